The number of likely N-dealkylation sites (N-methyl/N-ethyl adjacent to an activating group) is 2. The molecule has 0 rings (SSSR count). The van der Waals surface area contributed by atoms with Gasteiger partial charge in [-0.05, 0) is 39.3 Å². The summed E-state index contributed by atoms with van der Waals surface area (Å²) in [6.07, 6.45) is 1.28. The predicted octanol–water partition coefficient (Wildman–Crippen LogP) is 2.60. The first-order chi connectivity index (χ1) is 6.90. The molecule has 1 N–H and O–H groups in total. The molecule has 0 aromatic heterocycles. The predicted molar refractivity (Wildman–Crippen MR) is 69.2 cm³/mol. The molecule has 0 spiro atoms. The first kappa shape index (κ1) is 14.9. The average molecular weight is 214 g/mol. The molecule has 2 nitrogen and oxygen atoms in total. The largest absolute Gasteiger partial charge is 0.318 e. The molecule has 15 heavy (non-hydrogen) atoms. The van der Waals surface area contributed by atoms with Gasteiger partial charge >= 0.3 is 0 Å². The van der Waals surface area contributed by atoms with Crippen molar-refractivity contribution in [2.24, 2.45) is 11.8 Å². The minimum atomic E-state index is 0.642. The molecule has 2 unspecified atom stereocenters. The summed E-state index contributed by atoms with van der Waals surface area (Å²) in [5.41, 5.74) is 0. The van der Waals surface area contributed by atoms with Crippen LogP contribution in [0, 0.1) is 11.8 Å². The van der Waals surface area contributed by atoms with Crippen molar-refractivity contribution in [1.82, 2.24) is 10.2 Å². The van der Waals surface area contributed by atoms with E-state index in [0.29, 0.717) is 18.0 Å². The average Bonchev–Trinajstić information content (AvgIpc) is 2.11. The summed E-state index contributed by atoms with van der Waals surface area (Å²) in [6.45, 7) is 12.6. The minimum Gasteiger partial charge on any atom is -0.318 e. The highest BCUT2D eigenvalue weighted by atomic mass is 15.2. The van der Waals surface area contributed by atoms with E-state index < -0.39 is 0 Å². The highest BCUT2D eigenvalue weighted by molar-refractivity contribution is 4.78. The molecule has 0 fully saturated rings. The van der Waals surface area contributed by atoms with Crippen LogP contribution in [0.15, 0.2) is 0 Å². The van der Waals surface area contributed by atoms with Gasteiger partial charge in [-0.2, -0.15) is 0 Å². The molecule has 0 radical (unpaired) electrons. The third-order valence-corrected chi connectivity index (χ3v) is 3.21. The zero-order valence-corrected chi connectivity index (χ0v) is 11.7. The van der Waals surface area contributed by atoms with E-state index in [0.717, 1.165) is 12.5 Å². The number of hydrogen-bond donors (Lipinski definition) is 1. The van der Waals surface area contributed by atoms with E-state index >= 15 is 0 Å². The topological polar surface area (TPSA) is 15.3 Å². The second-order valence-electron chi connectivity index (χ2n) is 5.51. The molecule has 0 aliphatic rings. The SMILES string of the molecule is CNCC(C(C)C)N(C)C(C)CC(C)C. The van der Waals surface area contributed by atoms with Crippen LogP contribution in [0.1, 0.15) is 41.0 Å². The molecule has 0 saturated carbocycles. The van der Waals surface area contributed by atoms with Crippen LogP contribution in [0.3, 0.4) is 0 Å². The Kier molecular flexibility index (Phi) is 7.20. The van der Waals surface area contributed by atoms with Gasteiger partial charge in [0.25, 0.3) is 0 Å². The van der Waals surface area contributed by atoms with E-state index in [9.17, 15) is 0 Å². The summed E-state index contributed by atoms with van der Waals surface area (Å²) >= 11 is 0. The maximum absolute atomic E-state index is 3.30. The summed E-state index contributed by atoms with van der Waals surface area (Å²) in [6, 6.07) is 1.31. The Bertz CT molecular complexity index is 155. The summed E-state index contributed by atoms with van der Waals surface area (Å²) < 4.78 is 0. The van der Waals surface area contributed by atoms with Crippen LogP contribution in [0.5, 0.6) is 0 Å². The summed E-state index contributed by atoms with van der Waals surface area (Å²) in [5, 5.41) is 3.30. The fourth-order valence-electron chi connectivity index (χ4n) is 2.23. The van der Waals surface area contributed by atoms with Gasteiger partial charge < -0.3 is 5.32 Å². The minimum absolute atomic E-state index is 0.642. The van der Waals surface area contributed by atoms with E-state index in [4.69, 9.17) is 0 Å². The zero-order chi connectivity index (χ0) is 12.0. The van der Waals surface area contributed by atoms with Gasteiger partial charge in [-0.25, -0.2) is 0 Å². The van der Waals surface area contributed by atoms with Crippen LogP contribution in [0.2, 0.25) is 0 Å². The smallest absolute Gasteiger partial charge is 0.0243 e. The lowest BCUT2D eigenvalue weighted by Gasteiger charge is -2.36. The molecule has 2 atom stereocenters. The monoisotopic (exact) mass is 214 g/mol. The molecular formula is C13H30N2. The molecule has 0 aliphatic heterocycles. The van der Waals surface area contributed by atoms with Gasteiger partial charge in [-0.15, -0.1) is 0 Å². The molecule has 0 heterocycles. The van der Waals surface area contributed by atoms with Gasteiger partial charge in [-0.1, -0.05) is 27.7 Å². The van der Waals surface area contributed by atoms with Crippen LogP contribution in [0.4, 0.5) is 0 Å². The van der Waals surface area contributed by atoms with Crippen LogP contribution in [-0.2, 0) is 0 Å². The van der Waals surface area contributed by atoms with Crippen molar-refractivity contribution in [2.45, 2.75) is 53.1 Å². The summed E-state index contributed by atoms with van der Waals surface area (Å²) in [5.74, 6) is 1.49. The molecule has 0 amide bonds. The Morgan fingerprint density at radius 3 is 1.93 bits per heavy atom. The van der Waals surface area contributed by atoms with Gasteiger partial charge in [0, 0.05) is 18.6 Å². The third-order valence-electron chi connectivity index (χ3n) is 3.21. The molecular weight excluding hydrogens is 184 g/mol. The van der Waals surface area contributed by atoms with E-state index in [1.165, 1.54) is 6.42 Å². The van der Waals surface area contributed by atoms with Crippen molar-refractivity contribution in [2.75, 3.05) is 20.6 Å². The fourth-order valence-corrected chi connectivity index (χ4v) is 2.23. The lowest BCUT2D eigenvalue weighted by Crippen LogP contribution is -2.47. The number of rotatable bonds is 7. The van der Waals surface area contributed by atoms with E-state index in [1.54, 1.807) is 0 Å². The number of hydrogen-bond acceptors (Lipinski definition) is 2. The van der Waals surface area contributed by atoms with Crippen molar-refractivity contribution in [1.29, 1.82) is 0 Å². The van der Waals surface area contributed by atoms with Gasteiger partial charge in [0.2, 0.25) is 0 Å². The zero-order valence-electron chi connectivity index (χ0n) is 11.7. The molecule has 0 aromatic carbocycles. The lowest BCUT2D eigenvalue weighted by atomic mass is 9.98. The van der Waals surface area contributed by atoms with Gasteiger partial charge in [0.05, 0.1) is 0 Å². The van der Waals surface area contributed by atoms with Gasteiger partial charge in [0.15, 0.2) is 0 Å². The van der Waals surface area contributed by atoms with Crippen LogP contribution >= 0.6 is 0 Å². The Balaban J connectivity index is 4.27. The Morgan fingerprint density at radius 2 is 1.60 bits per heavy atom. The maximum atomic E-state index is 3.30. The first-order valence-electron chi connectivity index (χ1n) is 6.26. The van der Waals surface area contributed by atoms with Crippen molar-refractivity contribution >= 4 is 0 Å². The normalized spacial score (nSPS) is 16.4. The molecule has 2 heteroatoms. The molecule has 0 saturated heterocycles. The maximum Gasteiger partial charge on any atom is 0.0243 e. The quantitative estimate of drug-likeness (QED) is 0.701. The molecule has 0 aliphatic carbocycles. The van der Waals surface area contributed by atoms with E-state index in [1.807, 2.05) is 7.05 Å². The standard InChI is InChI=1S/C13H30N2/c1-10(2)8-12(5)15(7)13(9-14-6)11(3)4/h10-14H,8-9H2,1-7H3. The van der Waals surface area contributed by atoms with Crippen molar-refractivity contribution < 1.29 is 0 Å². The molecule has 0 bridgehead atoms. The highest BCUT2D eigenvalue weighted by Crippen LogP contribution is 2.16. The molecule has 0 aromatic rings. The van der Waals surface area contributed by atoms with Crippen molar-refractivity contribution in [3.05, 3.63) is 0 Å². The van der Waals surface area contributed by atoms with Crippen molar-refractivity contribution in [3.63, 3.8) is 0 Å². The first-order valence-corrected chi connectivity index (χ1v) is 6.26. The van der Waals surface area contributed by atoms with Gasteiger partial charge in [0.1, 0.15) is 0 Å². The van der Waals surface area contributed by atoms with Crippen LogP contribution < -0.4 is 5.32 Å². The summed E-state index contributed by atoms with van der Waals surface area (Å²) in [4.78, 5) is 2.53. The third kappa shape index (κ3) is 5.53. The van der Waals surface area contributed by atoms with Gasteiger partial charge in [-0.3, -0.25) is 4.90 Å². The lowest BCUT2D eigenvalue weighted by molar-refractivity contribution is 0.129. The Labute approximate surface area is 96.4 Å². The highest BCUT2D eigenvalue weighted by Gasteiger charge is 2.22. The fraction of sp³-hybridized carbons (Fsp3) is 1.00. The number of nitrogens with one attached hydrogen (secondary N) is 1. The number of nitrogens with zero attached hydrogens (tertiary/aromatic N) is 1. The van der Waals surface area contributed by atoms with Crippen molar-refractivity contribution in [3.8, 4) is 0 Å². The Morgan fingerprint density at radius 1 is 1.07 bits per heavy atom. The summed E-state index contributed by atoms with van der Waals surface area (Å²) in [7, 11) is 4.30. The Hall–Kier alpha value is -0.0800. The van der Waals surface area contributed by atoms with Crippen LogP contribution in [0.25, 0.3) is 0 Å². The second-order valence-corrected chi connectivity index (χ2v) is 5.51. The molecule has 92 valence electrons. The second kappa shape index (κ2) is 7.24. The van der Waals surface area contributed by atoms with Crippen LogP contribution in [-0.4, -0.2) is 37.6 Å². The van der Waals surface area contributed by atoms with E-state index in [2.05, 4.69) is 51.9 Å². The van der Waals surface area contributed by atoms with E-state index in [-0.39, 0.29) is 0 Å².